The molecule has 0 fully saturated rings. The van der Waals surface area contributed by atoms with Crippen molar-refractivity contribution >= 4 is 17.7 Å². The SMILES string of the molecule is Cc1cc(N2CCCCc3ccccc32)ccc1C=O. The van der Waals surface area contributed by atoms with E-state index in [9.17, 15) is 4.79 Å². The van der Waals surface area contributed by atoms with Gasteiger partial charge in [0.25, 0.3) is 0 Å². The number of rotatable bonds is 2. The van der Waals surface area contributed by atoms with Gasteiger partial charge in [-0.05, 0) is 61.6 Å². The van der Waals surface area contributed by atoms with Crippen LogP contribution in [0.5, 0.6) is 0 Å². The Labute approximate surface area is 120 Å². The van der Waals surface area contributed by atoms with Crippen molar-refractivity contribution in [2.24, 2.45) is 0 Å². The molecule has 20 heavy (non-hydrogen) atoms. The minimum Gasteiger partial charge on any atom is -0.341 e. The number of hydrogen-bond donors (Lipinski definition) is 0. The molecule has 0 bridgehead atoms. The number of anilines is 2. The highest BCUT2D eigenvalue weighted by Crippen LogP contribution is 2.33. The van der Waals surface area contributed by atoms with Gasteiger partial charge in [-0.15, -0.1) is 0 Å². The van der Waals surface area contributed by atoms with Crippen LogP contribution in [0.1, 0.15) is 34.3 Å². The summed E-state index contributed by atoms with van der Waals surface area (Å²) < 4.78 is 0. The standard InChI is InChI=1S/C18H19NO/c1-14-12-17(10-9-16(14)13-20)19-11-5-4-7-15-6-2-3-8-18(15)19/h2-3,6,8-10,12-13H,4-5,7,11H2,1H3. The molecule has 1 aliphatic rings. The van der Waals surface area contributed by atoms with Crippen LogP contribution in [0.2, 0.25) is 0 Å². The fourth-order valence-electron chi connectivity index (χ4n) is 2.92. The number of aryl methyl sites for hydroxylation is 2. The molecule has 2 heteroatoms. The Hall–Kier alpha value is -2.09. The summed E-state index contributed by atoms with van der Waals surface area (Å²) in [5, 5.41) is 0. The van der Waals surface area contributed by atoms with Gasteiger partial charge in [-0.2, -0.15) is 0 Å². The first-order chi connectivity index (χ1) is 9.79. The highest BCUT2D eigenvalue weighted by atomic mass is 16.1. The molecule has 0 aromatic heterocycles. The Balaban J connectivity index is 2.05. The summed E-state index contributed by atoms with van der Waals surface area (Å²) in [6.07, 6.45) is 4.51. The highest BCUT2D eigenvalue weighted by Gasteiger charge is 2.16. The molecule has 2 nitrogen and oxygen atoms in total. The zero-order chi connectivity index (χ0) is 13.9. The first-order valence-electron chi connectivity index (χ1n) is 7.21. The van der Waals surface area contributed by atoms with Gasteiger partial charge < -0.3 is 4.90 Å². The van der Waals surface area contributed by atoms with Gasteiger partial charge >= 0.3 is 0 Å². The predicted octanol–water partition coefficient (Wildman–Crippen LogP) is 4.28. The van der Waals surface area contributed by atoms with E-state index in [1.807, 2.05) is 13.0 Å². The Morgan fingerprint density at radius 2 is 1.95 bits per heavy atom. The van der Waals surface area contributed by atoms with Crippen molar-refractivity contribution in [1.29, 1.82) is 0 Å². The second-order valence-corrected chi connectivity index (χ2v) is 5.40. The van der Waals surface area contributed by atoms with Gasteiger partial charge in [0.1, 0.15) is 6.29 Å². The molecule has 0 amide bonds. The quantitative estimate of drug-likeness (QED) is 0.755. The molecule has 3 rings (SSSR count). The van der Waals surface area contributed by atoms with Crippen molar-refractivity contribution in [3.05, 3.63) is 59.2 Å². The van der Waals surface area contributed by atoms with E-state index in [1.165, 1.54) is 29.8 Å². The van der Waals surface area contributed by atoms with E-state index in [-0.39, 0.29) is 0 Å². The summed E-state index contributed by atoms with van der Waals surface area (Å²) in [5.74, 6) is 0. The van der Waals surface area contributed by atoms with E-state index >= 15 is 0 Å². The van der Waals surface area contributed by atoms with Crippen molar-refractivity contribution in [2.75, 3.05) is 11.4 Å². The van der Waals surface area contributed by atoms with E-state index in [4.69, 9.17) is 0 Å². The minimum atomic E-state index is 0.775. The summed E-state index contributed by atoms with van der Waals surface area (Å²) >= 11 is 0. The van der Waals surface area contributed by atoms with Crippen molar-refractivity contribution < 1.29 is 4.79 Å². The van der Waals surface area contributed by atoms with Gasteiger partial charge in [0.05, 0.1) is 0 Å². The Bertz CT molecular complexity index is 633. The number of nitrogens with zero attached hydrogens (tertiary/aromatic N) is 1. The van der Waals surface area contributed by atoms with Crippen LogP contribution in [0.3, 0.4) is 0 Å². The third-order valence-corrected chi connectivity index (χ3v) is 4.05. The average Bonchev–Trinajstić information content (AvgIpc) is 2.69. The molecule has 0 aliphatic carbocycles. The van der Waals surface area contributed by atoms with Gasteiger partial charge in [-0.3, -0.25) is 4.79 Å². The first kappa shape index (κ1) is 12.9. The zero-order valence-corrected chi connectivity index (χ0v) is 11.8. The second kappa shape index (κ2) is 5.49. The average molecular weight is 265 g/mol. The van der Waals surface area contributed by atoms with E-state index in [1.54, 1.807) is 0 Å². The summed E-state index contributed by atoms with van der Waals surface area (Å²) in [6.45, 7) is 3.04. The van der Waals surface area contributed by atoms with Crippen molar-refractivity contribution in [3.8, 4) is 0 Å². The van der Waals surface area contributed by atoms with Gasteiger partial charge in [0.15, 0.2) is 0 Å². The molecule has 0 N–H and O–H groups in total. The number of aldehydes is 1. The summed E-state index contributed by atoms with van der Waals surface area (Å²) in [6, 6.07) is 14.7. The van der Waals surface area contributed by atoms with Gasteiger partial charge in [0.2, 0.25) is 0 Å². The molecule has 102 valence electrons. The molecule has 0 atom stereocenters. The molecule has 0 saturated heterocycles. The van der Waals surface area contributed by atoms with Crippen LogP contribution < -0.4 is 4.90 Å². The predicted molar refractivity (Wildman–Crippen MR) is 83.0 cm³/mol. The molecule has 1 heterocycles. The van der Waals surface area contributed by atoms with Crippen LogP contribution in [-0.4, -0.2) is 12.8 Å². The normalized spacial score (nSPS) is 14.6. The van der Waals surface area contributed by atoms with Crippen LogP contribution in [0.25, 0.3) is 0 Å². The number of benzene rings is 2. The molecule has 2 aromatic rings. The maximum atomic E-state index is 11.0. The van der Waals surface area contributed by atoms with Crippen LogP contribution >= 0.6 is 0 Å². The lowest BCUT2D eigenvalue weighted by atomic mass is 10.1. The third-order valence-electron chi connectivity index (χ3n) is 4.05. The fourth-order valence-corrected chi connectivity index (χ4v) is 2.92. The second-order valence-electron chi connectivity index (χ2n) is 5.40. The van der Waals surface area contributed by atoms with E-state index in [0.717, 1.165) is 30.4 Å². The number of carbonyl (C=O) groups is 1. The van der Waals surface area contributed by atoms with E-state index in [2.05, 4.69) is 41.3 Å². The summed E-state index contributed by atoms with van der Waals surface area (Å²) in [4.78, 5) is 13.3. The highest BCUT2D eigenvalue weighted by molar-refractivity contribution is 5.79. The first-order valence-corrected chi connectivity index (χ1v) is 7.21. The number of hydrogen-bond acceptors (Lipinski definition) is 2. The van der Waals surface area contributed by atoms with Crippen LogP contribution in [0, 0.1) is 6.92 Å². The number of para-hydroxylation sites is 1. The van der Waals surface area contributed by atoms with Crippen molar-refractivity contribution in [3.63, 3.8) is 0 Å². The Morgan fingerprint density at radius 3 is 2.75 bits per heavy atom. The lowest BCUT2D eigenvalue weighted by molar-refractivity contribution is 0.112. The molecule has 0 spiro atoms. The maximum Gasteiger partial charge on any atom is 0.150 e. The van der Waals surface area contributed by atoms with Gasteiger partial charge in [0, 0.05) is 23.5 Å². The maximum absolute atomic E-state index is 11.0. The topological polar surface area (TPSA) is 20.3 Å². The molecular formula is C18H19NO. The van der Waals surface area contributed by atoms with E-state index < -0.39 is 0 Å². The van der Waals surface area contributed by atoms with Gasteiger partial charge in [-0.1, -0.05) is 18.2 Å². The lowest BCUT2D eigenvalue weighted by Gasteiger charge is -2.25. The lowest BCUT2D eigenvalue weighted by Crippen LogP contribution is -2.18. The molecule has 1 aliphatic heterocycles. The largest absolute Gasteiger partial charge is 0.341 e. The van der Waals surface area contributed by atoms with Crippen molar-refractivity contribution in [1.82, 2.24) is 0 Å². The molecule has 2 aromatic carbocycles. The number of fused-ring (bicyclic) bond motifs is 1. The Kier molecular flexibility index (Phi) is 3.55. The fraction of sp³-hybridized carbons (Fsp3) is 0.278. The minimum absolute atomic E-state index is 0.775. The molecular weight excluding hydrogens is 246 g/mol. The monoisotopic (exact) mass is 265 g/mol. The molecule has 0 radical (unpaired) electrons. The third kappa shape index (κ3) is 2.34. The van der Waals surface area contributed by atoms with Crippen LogP contribution in [-0.2, 0) is 6.42 Å². The summed E-state index contributed by atoms with van der Waals surface area (Å²) in [5.41, 5.74) is 5.73. The summed E-state index contributed by atoms with van der Waals surface area (Å²) in [7, 11) is 0. The smallest absolute Gasteiger partial charge is 0.150 e. The van der Waals surface area contributed by atoms with Gasteiger partial charge in [-0.25, -0.2) is 0 Å². The number of carbonyl (C=O) groups excluding carboxylic acids is 1. The van der Waals surface area contributed by atoms with E-state index in [0.29, 0.717) is 0 Å². The molecule has 0 unspecified atom stereocenters. The van der Waals surface area contributed by atoms with Crippen LogP contribution in [0.4, 0.5) is 11.4 Å². The van der Waals surface area contributed by atoms with Crippen LogP contribution in [0.15, 0.2) is 42.5 Å². The Morgan fingerprint density at radius 1 is 1.10 bits per heavy atom. The molecule has 0 saturated carbocycles. The zero-order valence-electron chi connectivity index (χ0n) is 11.8. The van der Waals surface area contributed by atoms with Crippen molar-refractivity contribution in [2.45, 2.75) is 26.2 Å².